The zero-order valence-corrected chi connectivity index (χ0v) is 20.3. The van der Waals surface area contributed by atoms with Crippen molar-refractivity contribution in [2.75, 3.05) is 25.5 Å². The Hall–Kier alpha value is -4.02. The van der Waals surface area contributed by atoms with Gasteiger partial charge in [0.25, 0.3) is 0 Å². The van der Waals surface area contributed by atoms with Crippen molar-refractivity contribution in [3.05, 3.63) is 101 Å². The van der Waals surface area contributed by atoms with Crippen LogP contribution >= 0.6 is 0 Å². The fraction of sp³-hybridized carbons (Fsp3) is 0.259. The highest BCUT2D eigenvalue weighted by Crippen LogP contribution is 2.37. The molecule has 0 atom stereocenters. The van der Waals surface area contributed by atoms with Crippen molar-refractivity contribution in [1.82, 2.24) is 4.90 Å². The van der Waals surface area contributed by atoms with Crippen LogP contribution < -0.4 is 4.90 Å². The average Bonchev–Trinajstić information content (AvgIpc) is 2.87. The van der Waals surface area contributed by atoms with Crippen LogP contribution in [0.1, 0.15) is 45.0 Å². The maximum atomic E-state index is 13.4. The number of carboxylic acids is 1. The van der Waals surface area contributed by atoms with Crippen LogP contribution in [-0.4, -0.2) is 42.6 Å². The van der Waals surface area contributed by atoms with Crippen LogP contribution in [0.2, 0.25) is 0 Å². The molecule has 3 rings (SSSR count). The maximum absolute atomic E-state index is 13.4. The number of amides is 2. The van der Waals surface area contributed by atoms with E-state index in [1.54, 1.807) is 0 Å². The largest absolute Gasteiger partial charge is 0.478 e. The molecule has 0 spiro atoms. The fourth-order valence-corrected chi connectivity index (χ4v) is 4.02. The smallest absolute Gasteiger partial charge is 0.416 e. The van der Waals surface area contributed by atoms with E-state index in [-0.39, 0.29) is 29.7 Å². The van der Waals surface area contributed by atoms with Crippen molar-refractivity contribution in [2.24, 2.45) is 0 Å². The van der Waals surface area contributed by atoms with E-state index in [1.165, 1.54) is 72.4 Å². The van der Waals surface area contributed by atoms with E-state index in [4.69, 9.17) is 0 Å². The van der Waals surface area contributed by atoms with E-state index in [9.17, 15) is 41.0 Å². The minimum atomic E-state index is -4.64. The van der Waals surface area contributed by atoms with Gasteiger partial charge < -0.3 is 10.0 Å². The number of carboxylic acid groups (broad SMARTS) is 1. The number of hydrogen-bond acceptors (Lipinski definition) is 2. The van der Waals surface area contributed by atoms with Gasteiger partial charge in [0.15, 0.2) is 0 Å². The summed E-state index contributed by atoms with van der Waals surface area (Å²) in [5.41, 5.74) is -1.29. The van der Waals surface area contributed by atoms with Crippen molar-refractivity contribution >= 4 is 17.7 Å². The number of halogens is 6. The number of carbonyl (C=O) groups excluding carboxylic acids is 1. The molecule has 2 amide bonds. The Kier molecular flexibility index (Phi) is 8.38. The number of urea groups is 1. The summed E-state index contributed by atoms with van der Waals surface area (Å²) < 4.78 is 80.2. The highest BCUT2D eigenvalue weighted by molar-refractivity contribution is 5.94. The number of rotatable bonds is 7. The lowest BCUT2D eigenvalue weighted by Crippen LogP contribution is -2.39. The van der Waals surface area contributed by atoms with Crippen LogP contribution in [0.25, 0.3) is 0 Å². The number of benzene rings is 3. The standard InChI is InChI=1S/C27H24F6N2O3/c1-34(25(38)35(2)22-11-5-8-19(16-22)24(36)37)13-12-23(17-6-3-9-20(14-17)26(28,29)30)18-7-4-10-21(15-18)27(31,32)33/h3-11,14-16,23H,12-13H2,1-2H3,(H,36,37). The van der Waals surface area contributed by atoms with Gasteiger partial charge >= 0.3 is 24.4 Å². The molecule has 5 nitrogen and oxygen atoms in total. The molecule has 3 aromatic rings. The first-order valence-corrected chi connectivity index (χ1v) is 11.3. The van der Waals surface area contributed by atoms with Gasteiger partial charge in [-0.15, -0.1) is 0 Å². The molecule has 1 N–H and O–H groups in total. The van der Waals surface area contributed by atoms with Gasteiger partial charge in [-0.1, -0.05) is 42.5 Å². The monoisotopic (exact) mass is 538 g/mol. The van der Waals surface area contributed by atoms with Crippen LogP contribution in [0, 0.1) is 0 Å². The molecule has 0 bridgehead atoms. The van der Waals surface area contributed by atoms with Gasteiger partial charge in [-0.05, 0) is 47.9 Å². The first kappa shape index (κ1) is 28.5. The Bertz CT molecular complexity index is 1250. The molecule has 0 aliphatic rings. The van der Waals surface area contributed by atoms with E-state index in [2.05, 4.69) is 0 Å². The van der Waals surface area contributed by atoms with Gasteiger partial charge in [-0.2, -0.15) is 26.3 Å². The van der Waals surface area contributed by atoms with Crippen molar-refractivity contribution in [3.63, 3.8) is 0 Å². The third-order valence-corrected chi connectivity index (χ3v) is 6.08. The maximum Gasteiger partial charge on any atom is 0.416 e. The van der Waals surface area contributed by atoms with Crippen LogP contribution in [-0.2, 0) is 12.4 Å². The minimum absolute atomic E-state index is 0.0149. The first-order valence-electron chi connectivity index (χ1n) is 11.3. The summed E-state index contributed by atoms with van der Waals surface area (Å²) in [5, 5.41) is 9.19. The molecule has 3 aromatic carbocycles. The lowest BCUT2D eigenvalue weighted by atomic mass is 9.86. The number of nitrogens with zero attached hydrogens (tertiary/aromatic N) is 2. The molecule has 11 heteroatoms. The highest BCUT2D eigenvalue weighted by atomic mass is 19.4. The molecular weight excluding hydrogens is 514 g/mol. The number of alkyl halides is 6. The van der Waals surface area contributed by atoms with Crippen molar-refractivity contribution in [1.29, 1.82) is 0 Å². The quantitative estimate of drug-likeness (QED) is 0.326. The molecule has 0 heterocycles. The Morgan fingerprint density at radius 3 is 1.76 bits per heavy atom. The van der Waals surface area contributed by atoms with E-state index in [1.807, 2.05) is 0 Å². The Labute approximate surface area is 214 Å². The first-order chi connectivity index (χ1) is 17.7. The zero-order chi connectivity index (χ0) is 28.3. The second-order valence-corrected chi connectivity index (χ2v) is 8.71. The fourth-order valence-electron chi connectivity index (χ4n) is 4.02. The normalized spacial score (nSPS) is 11.9. The number of hydrogen-bond donors (Lipinski definition) is 1. The second kappa shape index (κ2) is 11.2. The molecule has 202 valence electrons. The molecule has 0 saturated carbocycles. The molecule has 38 heavy (non-hydrogen) atoms. The van der Waals surface area contributed by atoms with Crippen LogP contribution in [0.15, 0.2) is 72.8 Å². The molecule has 0 aliphatic carbocycles. The van der Waals surface area contributed by atoms with Crippen LogP contribution in [0.3, 0.4) is 0 Å². The van der Waals surface area contributed by atoms with Gasteiger partial charge in [-0.25, -0.2) is 9.59 Å². The highest BCUT2D eigenvalue weighted by Gasteiger charge is 2.33. The summed E-state index contributed by atoms with van der Waals surface area (Å²) in [6, 6.07) is 13.9. The average molecular weight is 538 g/mol. The van der Waals surface area contributed by atoms with E-state index in [0.29, 0.717) is 5.69 Å². The number of anilines is 1. The van der Waals surface area contributed by atoms with Gasteiger partial charge in [0.05, 0.1) is 16.7 Å². The Balaban J connectivity index is 1.89. The van der Waals surface area contributed by atoms with Gasteiger partial charge in [0.1, 0.15) is 0 Å². The van der Waals surface area contributed by atoms with Crippen molar-refractivity contribution in [2.45, 2.75) is 24.7 Å². The van der Waals surface area contributed by atoms with Gasteiger partial charge in [0.2, 0.25) is 0 Å². The van der Waals surface area contributed by atoms with E-state index in [0.717, 1.165) is 24.3 Å². The summed E-state index contributed by atoms with van der Waals surface area (Å²) in [7, 11) is 2.87. The number of carbonyl (C=O) groups is 2. The predicted molar refractivity (Wildman–Crippen MR) is 129 cm³/mol. The Morgan fingerprint density at radius 2 is 1.29 bits per heavy atom. The third kappa shape index (κ3) is 6.84. The topological polar surface area (TPSA) is 60.9 Å². The molecule has 0 unspecified atom stereocenters. The van der Waals surface area contributed by atoms with Crippen LogP contribution in [0.4, 0.5) is 36.8 Å². The molecule has 0 aromatic heterocycles. The third-order valence-electron chi connectivity index (χ3n) is 6.08. The summed E-state index contributed by atoms with van der Waals surface area (Å²) >= 11 is 0. The molecule has 0 radical (unpaired) electrons. The Morgan fingerprint density at radius 1 is 0.789 bits per heavy atom. The predicted octanol–water partition coefficient (Wildman–Crippen LogP) is 7.13. The second-order valence-electron chi connectivity index (χ2n) is 8.71. The summed E-state index contributed by atoms with van der Waals surface area (Å²) in [6.07, 6.45) is -9.27. The van der Waals surface area contributed by atoms with E-state index >= 15 is 0 Å². The summed E-state index contributed by atoms with van der Waals surface area (Å²) in [6.45, 7) is -0.0149. The van der Waals surface area contributed by atoms with Gasteiger partial charge in [0, 0.05) is 32.2 Å². The van der Waals surface area contributed by atoms with Crippen molar-refractivity contribution < 1.29 is 41.0 Å². The summed E-state index contributed by atoms with van der Waals surface area (Å²) in [5.74, 6) is -2.05. The van der Waals surface area contributed by atoms with E-state index < -0.39 is 41.4 Å². The lowest BCUT2D eigenvalue weighted by Gasteiger charge is -2.27. The van der Waals surface area contributed by atoms with Crippen molar-refractivity contribution in [3.8, 4) is 0 Å². The SMILES string of the molecule is CN(CCC(c1cccc(C(F)(F)F)c1)c1cccc(C(F)(F)F)c1)C(=O)N(C)c1cccc(C(=O)O)c1. The molecule has 0 fully saturated rings. The lowest BCUT2D eigenvalue weighted by molar-refractivity contribution is -0.138. The van der Waals surface area contributed by atoms with Crippen LogP contribution in [0.5, 0.6) is 0 Å². The molecular formula is C27H24F6N2O3. The number of aromatic carboxylic acids is 1. The summed E-state index contributed by atoms with van der Waals surface area (Å²) in [4.78, 5) is 26.7. The zero-order valence-electron chi connectivity index (χ0n) is 20.3. The van der Waals surface area contributed by atoms with Gasteiger partial charge in [-0.3, -0.25) is 4.90 Å². The minimum Gasteiger partial charge on any atom is -0.478 e. The molecule has 0 aliphatic heterocycles. The molecule has 0 saturated heterocycles.